The Labute approximate surface area is 98.9 Å². The highest BCUT2D eigenvalue weighted by Gasteiger charge is 2.35. The molecule has 1 aliphatic carbocycles. The number of aliphatic hydroxyl groups is 1. The topological polar surface area (TPSA) is 46.2 Å². The summed E-state index contributed by atoms with van der Waals surface area (Å²) in [5, 5.41) is 9.72. The van der Waals surface area contributed by atoms with Gasteiger partial charge < -0.3 is 10.8 Å². The van der Waals surface area contributed by atoms with Gasteiger partial charge in [0, 0.05) is 11.6 Å². The fourth-order valence-corrected chi connectivity index (χ4v) is 1.69. The molecule has 2 nitrogen and oxygen atoms in total. The fourth-order valence-electron chi connectivity index (χ4n) is 1.69. The molecule has 0 radical (unpaired) electrons. The Morgan fingerprint density at radius 2 is 1.94 bits per heavy atom. The molecule has 2 atom stereocenters. The van der Waals surface area contributed by atoms with Crippen LogP contribution in [0.1, 0.15) is 24.4 Å². The lowest BCUT2D eigenvalue weighted by Crippen LogP contribution is -2.28. The van der Waals surface area contributed by atoms with Gasteiger partial charge in [-0.2, -0.15) is 0 Å². The Morgan fingerprint density at radius 3 is 2.44 bits per heavy atom. The number of halogens is 3. The molecule has 1 aromatic carbocycles. The van der Waals surface area contributed by atoms with Crippen LogP contribution < -0.4 is 5.73 Å². The van der Waals surface area contributed by atoms with E-state index in [9.17, 15) is 13.9 Å². The summed E-state index contributed by atoms with van der Waals surface area (Å²) in [6.45, 7) is 0. The lowest BCUT2D eigenvalue weighted by Gasteiger charge is -2.19. The zero-order valence-corrected chi connectivity index (χ0v) is 9.38. The van der Waals surface area contributed by atoms with Gasteiger partial charge in [-0.15, -0.1) is 12.4 Å². The Kier molecular flexibility index (Phi) is 4.24. The molecule has 1 aliphatic rings. The molecule has 0 bridgehead atoms. The lowest BCUT2D eigenvalue weighted by atomic mass is 9.98. The van der Waals surface area contributed by atoms with Gasteiger partial charge >= 0.3 is 0 Å². The van der Waals surface area contributed by atoms with Crippen LogP contribution in [0.2, 0.25) is 0 Å². The maximum atomic E-state index is 13.3. The second-order valence-electron chi connectivity index (χ2n) is 4.02. The summed E-state index contributed by atoms with van der Waals surface area (Å²) in [6.07, 6.45) is 1.12. The average molecular weight is 250 g/mol. The van der Waals surface area contributed by atoms with Crippen molar-refractivity contribution in [3.63, 3.8) is 0 Å². The Morgan fingerprint density at radius 1 is 1.31 bits per heavy atom. The van der Waals surface area contributed by atoms with Crippen LogP contribution in [0.5, 0.6) is 0 Å². The number of aliphatic hydroxyl groups excluding tert-OH is 1. The van der Waals surface area contributed by atoms with E-state index in [0.717, 1.165) is 25.0 Å². The SMILES string of the molecule is Cl.N[C@H](c1ccc(F)cc1F)[C@@H](O)C1CC1. The van der Waals surface area contributed by atoms with Crippen molar-refractivity contribution in [2.45, 2.75) is 25.0 Å². The molecule has 16 heavy (non-hydrogen) atoms. The van der Waals surface area contributed by atoms with Gasteiger partial charge in [0.05, 0.1) is 12.1 Å². The van der Waals surface area contributed by atoms with Crippen LogP contribution in [0.3, 0.4) is 0 Å². The van der Waals surface area contributed by atoms with Gasteiger partial charge in [0.15, 0.2) is 0 Å². The van der Waals surface area contributed by atoms with Crippen LogP contribution in [-0.4, -0.2) is 11.2 Å². The molecule has 1 fully saturated rings. The molecule has 1 aromatic rings. The van der Waals surface area contributed by atoms with E-state index in [-0.39, 0.29) is 23.9 Å². The molecular formula is C11H14ClF2NO. The van der Waals surface area contributed by atoms with E-state index in [1.807, 2.05) is 0 Å². The summed E-state index contributed by atoms with van der Waals surface area (Å²) in [5.74, 6) is -1.16. The van der Waals surface area contributed by atoms with Crippen molar-refractivity contribution in [2.75, 3.05) is 0 Å². The normalized spacial score (nSPS) is 18.8. The Hall–Kier alpha value is -0.710. The maximum Gasteiger partial charge on any atom is 0.130 e. The molecule has 0 unspecified atom stereocenters. The first kappa shape index (κ1) is 13.4. The monoisotopic (exact) mass is 249 g/mol. The van der Waals surface area contributed by atoms with Crippen LogP contribution in [0.25, 0.3) is 0 Å². The third kappa shape index (κ3) is 2.70. The predicted molar refractivity (Wildman–Crippen MR) is 59.3 cm³/mol. The van der Waals surface area contributed by atoms with Gasteiger partial charge in [0.2, 0.25) is 0 Å². The van der Waals surface area contributed by atoms with Crippen molar-refractivity contribution < 1.29 is 13.9 Å². The Balaban J connectivity index is 0.00000128. The van der Waals surface area contributed by atoms with Gasteiger partial charge in [-0.05, 0) is 24.8 Å². The zero-order valence-electron chi connectivity index (χ0n) is 8.57. The predicted octanol–water partition coefficient (Wildman–Crippen LogP) is 2.16. The van der Waals surface area contributed by atoms with E-state index in [1.54, 1.807) is 0 Å². The molecular weight excluding hydrogens is 236 g/mol. The summed E-state index contributed by atoms with van der Waals surface area (Å²) >= 11 is 0. The molecule has 2 rings (SSSR count). The molecule has 0 saturated heterocycles. The summed E-state index contributed by atoms with van der Waals surface area (Å²) in [4.78, 5) is 0. The van der Waals surface area contributed by atoms with Gasteiger partial charge in [0.1, 0.15) is 11.6 Å². The van der Waals surface area contributed by atoms with Crippen LogP contribution in [-0.2, 0) is 0 Å². The van der Waals surface area contributed by atoms with Crippen molar-refractivity contribution in [3.8, 4) is 0 Å². The molecule has 0 aliphatic heterocycles. The van der Waals surface area contributed by atoms with Crippen molar-refractivity contribution >= 4 is 12.4 Å². The van der Waals surface area contributed by atoms with E-state index in [1.165, 1.54) is 6.07 Å². The highest BCUT2D eigenvalue weighted by atomic mass is 35.5. The Bertz CT molecular complexity index is 371. The quantitative estimate of drug-likeness (QED) is 0.862. The third-order valence-corrected chi connectivity index (χ3v) is 2.79. The minimum atomic E-state index is -0.766. The zero-order chi connectivity index (χ0) is 11.0. The van der Waals surface area contributed by atoms with Crippen LogP contribution >= 0.6 is 12.4 Å². The molecule has 0 amide bonds. The summed E-state index contributed by atoms with van der Waals surface area (Å²) in [5.41, 5.74) is 5.89. The number of hydrogen-bond acceptors (Lipinski definition) is 2. The molecule has 5 heteroatoms. The van der Waals surface area contributed by atoms with E-state index in [2.05, 4.69) is 0 Å². The van der Waals surface area contributed by atoms with Gasteiger partial charge in [0.25, 0.3) is 0 Å². The molecule has 0 aromatic heterocycles. The second kappa shape index (κ2) is 5.08. The average Bonchev–Trinajstić information content (AvgIpc) is 2.99. The second-order valence-corrected chi connectivity index (χ2v) is 4.02. The van der Waals surface area contributed by atoms with Crippen molar-refractivity contribution in [2.24, 2.45) is 11.7 Å². The molecule has 1 saturated carbocycles. The molecule has 0 heterocycles. The minimum absolute atomic E-state index is 0. The maximum absolute atomic E-state index is 13.3. The van der Waals surface area contributed by atoms with Crippen LogP contribution in [0.15, 0.2) is 18.2 Å². The van der Waals surface area contributed by atoms with Gasteiger partial charge in [-0.25, -0.2) is 8.78 Å². The largest absolute Gasteiger partial charge is 0.391 e. The first-order valence-corrected chi connectivity index (χ1v) is 4.98. The minimum Gasteiger partial charge on any atom is -0.391 e. The lowest BCUT2D eigenvalue weighted by molar-refractivity contribution is 0.121. The first-order chi connectivity index (χ1) is 7.09. The number of benzene rings is 1. The molecule has 90 valence electrons. The van der Waals surface area contributed by atoms with Crippen molar-refractivity contribution in [1.82, 2.24) is 0 Å². The fraction of sp³-hybridized carbons (Fsp3) is 0.455. The molecule has 3 N–H and O–H groups in total. The smallest absolute Gasteiger partial charge is 0.130 e. The standard InChI is InChI=1S/C11H13F2NO.ClH/c12-7-3-4-8(9(13)5-7)10(14)11(15)6-1-2-6;/h3-6,10-11,15H,1-2,14H2;1H/t10-,11+;/m1./s1. The first-order valence-electron chi connectivity index (χ1n) is 4.98. The van der Waals surface area contributed by atoms with Gasteiger partial charge in [-0.3, -0.25) is 0 Å². The van der Waals surface area contributed by atoms with E-state index >= 15 is 0 Å². The summed E-state index contributed by atoms with van der Waals surface area (Å²) in [6, 6.07) is 2.46. The van der Waals surface area contributed by atoms with Crippen LogP contribution in [0.4, 0.5) is 8.78 Å². The summed E-state index contributed by atoms with van der Waals surface area (Å²) < 4.78 is 26.0. The van der Waals surface area contributed by atoms with Crippen LogP contribution in [0, 0.1) is 17.6 Å². The van der Waals surface area contributed by atoms with E-state index in [4.69, 9.17) is 5.73 Å². The van der Waals surface area contributed by atoms with E-state index < -0.39 is 23.8 Å². The number of hydrogen-bond donors (Lipinski definition) is 2. The summed E-state index contributed by atoms with van der Waals surface area (Å²) in [7, 11) is 0. The van der Waals surface area contributed by atoms with Crippen molar-refractivity contribution in [3.05, 3.63) is 35.4 Å². The van der Waals surface area contributed by atoms with Crippen molar-refractivity contribution in [1.29, 1.82) is 0 Å². The highest BCUT2D eigenvalue weighted by Crippen LogP contribution is 2.37. The van der Waals surface area contributed by atoms with E-state index in [0.29, 0.717) is 0 Å². The number of nitrogens with two attached hydrogens (primary N) is 1. The highest BCUT2D eigenvalue weighted by molar-refractivity contribution is 5.85. The molecule has 0 spiro atoms. The van der Waals surface area contributed by atoms with Gasteiger partial charge in [-0.1, -0.05) is 6.07 Å². The third-order valence-electron chi connectivity index (χ3n) is 2.79. The number of rotatable bonds is 3.